The van der Waals surface area contributed by atoms with Crippen LogP contribution in [0.2, 0.25) is 0 Å². The number of hydrogen-bond acceptors (Lipinski definition) is 4. The average molecular weight is 313 g/mol. The molecule has 1 aliphatic carbocycles. The van der Waals surface area contributed by atoms with E-state index in [1.165, 1.54) is 12.2 Å². The Bertz CT molecular complexity index is 717. The number of hydrogen-bond donors (Lipinski definition) is 1. The van der Waals surface area contributed by atoms with E-state index in [1.807, 2.05) is 19.1 Å². The van der Waals surface area contributed by atoms with Crippen LogP contribution in [-0.2, 0) is 16.0 Å². The highest BCUT2D eigenvalue weighted by atomic mass is 16.5. The number of hydroxylamine groups is 3. The predicted molar refractivity (Wildman–Crippen MR) is 85.2 cm³/mol. The summed E-state index contributed by atoms with van der Waals surface area (Å²) >= 11 is 0. The number of phenolic OH excluding ortho intramolecular Hbond substituents is 1. The van der Waals surface area contributed by atoms with Gasteiger partial charge in [-0.05, 0) is 37.1 Å². The molecule has 1 heterocycles. The number of aromatic hydroxyl groups is 1. The number of ketones is 2. The number of fused-ring (bicyclic) bond motifs is 1. The molecule has 1 fully saturated rings. The lowest BCUT2D eigenvalue weighted by Gasteiger charge is -2.44. The van der Waals surface area contributed by atoms with Gasteiger partial charge in [0.05, 0.1) is 18.7 Å². The Balaban J connectivity index is 1.74. The second-order valence-electron chi connectivity index (χ2n) is 6.25. The molecule has 1 saturated heterocycles. The molecule has 1 aliphatic heterocycles. The van der Waals surface area contributed by atoms with E-state index in [1.54, 1.807) is 12.1 Å². The first-order chi connectivity index (χ1) is 10.9. The van der Waals surface area contributed by atoms with Crippen LogP contribution in [-0.4, -0.2) is 33.9 Å². The third kappa shape index (κ3) is 2.85. The van der Waals surface area contributed by atoms with E-state index in [-0.39, 0.29) is 11.8 Å². The van der Waals surface area contributed by atoms with Crippen molar-refractivity contribution in [3.05, 3.63) is 58.5 Å². The van der Waals surface area contributed by atoms with Gasteiger partial charge >= 0.3 is 0 Å². The largest absolute Gasteiger partial charge is 0.627 e. The Morgan fingerprint density at radius 1 is 1.17 bits per heavy atom. The quantitative estimate of drug-likeness (QED) is 0.401. The van der Waals surface area contributed by atoms with Gasteiger partial charge in [0.25, 0.3) is 0 Å². The van der Waals surface area contributed by atoms with Gasteiger partial charge < -0.3 is 15.0 Å². The lowest BCUT2D eigenvalue weighted by Crippen LogP contribution is -2.46. The van der Waals surface area contributed by atoms with Crippen LogP contribution in [0.15, 0.2) is 47.7 Å². The van der Waals surface area contributed by atoms with Crippen molar-refractivity contribution < 1.29 is 19.3 Å². The SMILES string of the molecule is CC(CCc1ccc(O)cc1)[N+]1([O-])CCC2=CC(=O)C(=O)C=C21. The minimum absolute atomic E-state index is 0.207. The van der Waals surface area contributed by atoms with Gasteiger partial charge in [-0.2, -0.15) is 0 Å². The second-order valence-corrected chi connectivity index (χ2v) is 6.25. The predicted octanol–water partition coefficient (Wildman–Crippen LogP) is 2.39. The van der Waals surface area contributed by atoms with E-state index >= 15 is 0 Å². The number of carbonyl (C=O) groups excluding carboxylic acids is 2. The molecule has 5 heteroatoms. The smallest absolute Gasteiger partial charge is 0.231 e. The van der Waals surface area contributed by atoms with Gasteiger partial charge in [-0.3, -0.25) is 9.59 Å². The number of phenols is 1. The summed E-state index contributed by atoms with van der Waals surface area (Å²) in [5.41, 5.74) is 2.22. The molecule has 2 unspecified atom stereocenters. The molecule has 0 bridgehead atoms. The van der Waals surface area contributed by atoms with Crippen LogP contribution >= 0.6 is 0 Å². The molecule has 1 aromatic carbocycles. The first-order valence-electron chi connectivity index (χ1n) is 7.78. The lowest BCUT2D eigenvalue weighted by molar-refractivity contribution is -0.856. The number of benzene rings is 1. The summed E-state index contributed by atoms with van der Waals surface area (Å²) in [7, 11) is 0. The van der Waals surface area contributed by atoms with Crippen molar-refractivity contribution in [2.24, 2.45) is 0 Å². The van der Waals surface area contributed by atoms with Crippen LogP contribution in [0.3, 0.4) is 0 Å². The Kier molecular flexibility index (Phi) is 3.92. The third-order valence-corrected chi connectivity index (χ3v) is 4.77. The van der Waals surface area contributed by atoms with Gasteiger partial charge in [-0.1, -0.05) is 12.1 Å². The normalized spacial score (nSPS) is 25.0. The maximum absolute atomic E-state index is 13.2. The van der Waals surface area contributed by atoms with E-state index in [0.29, 0.717) is 30.7 Å². The number of allylic oxidation sites excluding steroid dienone is 3. The van der Waals surface area contributed by atoms with Gasteiger partial charge in [-0.25, -0.2) is 0 Å². The van der Waals surface area contributed by atoms with Crippen molar-refractivity contribution >= 4 is 11.6 Å². The minimum Gasteiger partial charge on any atom is -0.627 e. The number of likely N-dealkylation sites (tertiary alicyclic amines) is 1. The van der Waals surface area contributed by atoms with E-state index < -0.39 is 16.2 Å². The summed E-state index contributed by atoms with van der Waals surface area (Å²) in [6, 6.07) is 6.74. The molecule has 2 aliphatic rings. The maximum Gasteiger partial charge on any atom is 0.231 e. The summed E-state index contributed by atoms with van der Waals surface area (Å²) in [5.74, 6) is -0.914. The highest BCUT2D eigenvalue weighted by Gasteiger charge is 2.41. The molecule has 0 radical (unpaired) electrons. The first kappa shape index (κ1) is 15.6. The number of nitrogens with zero attached hydrogens (tertiary/aromatic N) is 1. The van der Waals surface area contributed by atoms with Crippen LogP contribution < -0.4 is 0 Å². The van der Waals surface area contributed by atoms with Crippen molar-refractivity contribution in [3.63, 3.8) is 0 Å². The fraction of sp³-hybridized carbons (Fsp3) is 0.333. The Morgan fingerprint density at radius 2 is 1.83 bits per heavy atom. The van der Waals surface area contributed by atoms with Gasteiger partial charge in [0.1, 0.15) is 11.4 Å². The molecule has 0 saturated carbocycles. The van der Waals surface area contributed by atoms with E-state index in [9.17, 15) is 19.9 Å². The Labute approximate surface area is 134 Å². The molecule has 3 rings (SSSR count). The molecular weight excluding hydrogens is 294 g/mol. The monoisotopic (exact) mass is 313 g/mol. The molecule has 0 amide bonds. The van der Waals surface area contributed by atoms with Gasteiger partial charge in [0.15, 0.2) is 0 Å². The zero-order chi connectivity index (χ0) is 16.6. The highest BCUT2D eigenvalue weighted by Crippen LogP contribution is 2.39. The lowest BCUT2D eigenvalue weighted by atomic mass is 10.0. The second kappa shape index (κ2) is 5.76. The van der Waals surface area contributed by atoms with Crippen molar-refractivity contribution in [2.45, 2.75) is 32.2 Å². The Morgan fingerprint density at radius 3 is 2.52 bits per heavy atom. The highest BCUT2D eigenvalue weighted by molar-refractivity contribution is 6.46. The summed E-state index contributed by atoms with van der Waals surface area (Å²) in [6.07, 6.45) is 4.48. The molecule has 1 aromatic rings. The van der Waals surface area contributed by atoms with Gasteiger partial charge in [0, 0.05) is 18.4 Å². The fourth-order valence-corrected chi connectivity index (χ4v) is 3.26. The number of aryl methyl sites for hydroxylation is 1. The minimum atomic E-state index is -0.602. The molecule has 120 valence electrons. The molecule has 2 atom stereocenters. The molecule has 0 aromatic heterocycles. The molecule has 5 nitrogen and oxygen atoms in total. The Hall–Kier alpha value is -2.24. The van der Waals surface area contributed by atoms with Gasteiger partial charge in [-0.15, -0.1) is 0 Å². The first-order valence-corrected chi connectivity index (χ1v) is 7.78. The van der Waals surface area contributed by atoms with Crippen molar-refractivity contribution in [2.75, 3.05) is 6.54 Å². The molecule has 0 spiro atoms. The van der Waals surface area contributed by atoms with Crippen molar-refractivity contribution in [1.29, 1.82) is 0 Å². The fourth-order valence-electron chi connectivity index (χ4n) is 3.26. The molecule has 23 heavy (non-hydrogen) atoms. The number of carbonyl (C=O) groups is 2. The maximum atomic E-state index is 13.2. The third-order valence-electron chi connectivity index (χ3n) is 4.77. The van der Waals surface area contributed by atoms with Crippen LogP contribution in [0.1, 0.15) is 25.3 Å². The summed E-state index contributed by atoms with van der Waals surface area (Å²) < 4.78 is -0.539. The zero-order valence-corrected chi connectivity index (χ0v) is 13.0. The zero-order valence-electron chi connectivity index (χ0n) is 13.0. The summed E-state index contributed by atoms with van der Waals surface area (Å²) in [5, 5.41) is 22.5. The van der Waals surface area contributed by atoms with E-state index in [4.69, 9.17) is 0 Å². The number of quaternary nitrogens is 1. The topological polar surface area (TPSA) is 77.4 Å². The average Bonchev–Trinajstić information content (AvgIpc) is 2.85. The van der Waals surface area contributed by atoms with Crippen LogP contribution in [0, 0.1) is 5.21 Å². The summed E-state index contributed by atoms with van der Waals surface area (Å²) in [6.45, 7) is 2.26. The van der Waals surface area contributed by atoms with Crippen LogP contribution in [0.4, 0.5) is 0 Å². The van der Waals surface area contributed by atoms with Gasteiger partial charge in [0.2, 0.25) is 11.6 Å². The molecule has 1 N–H and O–H groups in total. The standard InChI is InChI=1S/C18H19NO4/c1-12(2-3-13-4-6-15(20)7-5-13)19(23)9-8-14-10-17(21)18(22)11-16(14)19/h4-7,10-12,20H,2-3,8-9H2,1H3. The van der Waals surface area contributed by atoms with E-state index in [2.05, 4.69) is 0 Å². The van der Waals surface area contributed by atoms with E-state index in [0.717, 1.165) is 12.0 Å². The number of rotatable bonds is 4. The van der Waals surface area contributed by atoms with Crippen LogP contribution in [0.5, 0.6) is 5.75 Å². The summed E-state index contributed by atoms with van der Waals surface area (Å²) in [4.78, 5) is 23.1. The van der Waals surface area contributed by atoms with Crippen LogP contribution in [0.25, 0.3) is 0 Å². The molecular formula is C18H19NO4. The van der Waals surface area contributed by atoms with Crippen molar-refractivity contribution in [3.8, 4) is 5.75 Å². The van der Waals surface area contributed by atoms with Crippen molar-refractivity contribution in [1.82, 2.24) is 0 Å².